The maximum atomic E-state index is 5.25. The molecule has 2 nitrogen and oxygen atoms in total. The van der Waals surface area contributed by atoms with Gasteiger partial charge in [0.1, 0.15) is 5.75 Å². The molecule has 1 N–H and O–H groups in total. The summed E-state index contributed by atoms with van der Waals surface area (Å²) in [6.45, 7) is 6.82. The van der Waals surface area contributed by atoms with E-state index in [0.717, 1.165) is 35.7 Å². The Morgan fingerprint density at radius 2 is 2.05 bits per heavy atom. The fraction of sp³-hybridized carbons (Fsp3) is 0.625. The normalized spacial score (nSPS) is 12.4. The third kappa shape index (κ3) is 6.44. The Kier molecular flexibility index (Phi) is 8.15. The summed E-state index contributed by atoms with van der Waals surface area (Å²) in [6.07, 6.45) is 4.86. The minimum absolute atomic E-state index is 0.769. The van der Waals surface area contributed by atoms with Crippen molar-refractivity contribution in [3.05, 3.63) is 28.2 Å². The highest BCUT2D eigenvalue weighted by Crippen LogP contribution is 2.26. The summed E-state index contributed by atoms with van der Waals surface area (Å²) in [5.41, 5.74) is 1.38. The zero-order chi connectivity index (χ0) is 14.1. The molecule has 108 valence electrons. The molecule has 0 saturated carbocycles. The van der Waals surface area contributed by atoms with E-state index in [-0.39, 0.29) is 0 Å². The first-order valence-corrected chi connectivity index (χ1v) is 7.99. The van der Waals surface area contributed by atoms with E-state index >= 15 is 0 Å². The van der Waals surface area contributed by atoms with Crippen molar-refractivity contribution >= 4 is 15.9 Å². The van der Waals surface area contributed by atoms with Crippen LogP contribution in [0.25, 0.3) is 0 Å². The van der Waals surface area contributed by atoms with Crippen LogP contribution in [0.2, 0.25) is 0 Å². The summed E-state index contributed by atoms with van der Waals surface area (Å²) in [4.78, 5) is 0. The molecule has 0 aliphatic heterocycles. The van der Waals surface area contributed by atoms with Crippen molar-refractivity contribution in [2.24, 2.45) is 5.92 Å². The highest BCUT2D eigenvalue weighted by molar-refractivity contribution is 9.10. The number of halogens is 1. The zero-order valence-electron chi connectivity index (χ0n) is 12.3. The van der Waals surface area contributed by atoms with Gasteiger partial charge in [-0.15, -0.1) is 0 Å². The quantitative estimate of drug-likeness (QED) is 0.678. The second kappa shape index (κ2) is 9.38. The van der Waals surface area contributed by atoms with Gasteiger partial charge in [-0.1, -0.05) is 19.9 Å². The number of hydrogen-bond acceptors (Lipinski definition) is 2. The molecule has 19 heavy (non-hydrogen) atoms. The van der Waals surface area contributed by atoms with Crippen molar-refractivity contribution in [1.29, 1.82) is 0 Å². The largest absolute Gasteiger partial charge is 0.496 e. The Labute approximate surface area is 126 Å². The average molecular weight is 328 g/mol. The van der Waals surface area contributed by atoms with Crippen molar-refractivity contribution in [3.8, 4) is 5.75 Å². The third-order valence-corrected chi connectivity index (χ3v) is 4.00. The first kappa shape index (κ1) is 16.5. The fourth-order valence-corrected chi connectivity index (χ4v) is 2.66. The Morgan fingerprint density at radius 3 is 2.68 bits per heavy atom. The molecule has 3 heteroatoms. The lowest BCUT2D eigenvalue weighted by Crippen LogP contribution is -2.18. The van der Waals surface area contributed by atoms with Gasteiger partial charge in [0.2, 0.25) is 0 Å². The second-order valence-electron chi connectivity index (χ2n) is 5.15. The van der Waals surface area contributed by atoms with Gasteiger partial charge in [0, 0.05) is 0 Å². The smallest absolute Gasteiger partial charge is 0.133 e. The molecule has 0 spiro atoms. The van der Waals surface area contributed by atoms with Crippen molar-refractivity contribution in [2.45, 2.75) is 39.5 Å². The molecule has 0 aromatic heterocycles. The summed E-state index contributed by atoms with van der Waals surface area (Å²) >= 11 is 3.54. The summed E-state index contributed by atoms with van der Waals surface area (Å²) in [5, 5.41) is 3.46. The lowest BCUT2D eigenvalue weighted by atomic mass is 9.98. The first-order valence-electron chi connectivity index (χ1n) is 7.20. The van der Waals surface area contributed by atoms with E-state index in [4.69, 9.17) is 4.74 Å². The van der Waals surface area contributed by atoms with Crippen LogP contribution in [0.1, 0.15) is 38.7 Å². The van der Waals surface area contributed by atoms with Crippen LogP contribution in [0.3, 0.4) is 0 Å². The molecule has 1 aromatic rings. The molecule has 0 radical (unpaired) electrons. The second-order valence-corrected chi connectivity index (χ2v) is 6.01. The fourth-order valence-electron chi connectivity index (χ4n) is 2.07. The van der Waals surface area contributed by atoms with Crippen LogP contribution >= 0.6 is 15.9 Å². The topological polar surface area (TPSA) is 21.3 Å². The Morgan fingerprint density at radius 1 is 1.26 bits per heavy atom. The van der Waals surface area contributed by atoms with Crippen molar-refractivity contribution in [2.75, 3.05) is 20.2 Å². The molecule has 1 rings (SSSR count). The number of hydrogen-bond donors (Lipinski definition) is 1. The average Bonchev–Trinajstić information content (AvgIpc) is 2.41. The maximum Gasteiger partial charge on any atom is 0.133 e. The molecular formula is C16H26BrNO. The van der Waals surface area contributed by atoms with Crippen LogP contribution in [0.5, 0.6) is 5.75 Å². The molecule has 0 fully saturated rings. The SMILES string of the molecule is CCCNCCC(C)CCc1ccc(OC)c(Br)c1. The number of methoxy groups -OCH3 is 1. The number of ether oxygens (including phenoxy) is 1. The van der Waals surface area contributed by atoms with Gasteiger partial charge in [0.15, 0.2) is 0 Å². The van der Waals surface area contributed by atoms with Crippen LogP contribution in [-0.4, -0.2) is 20.2 Å². The van der Waals surface area contributed by atoms with Gasteiger partial charge >= 0.3 is 0 Å². The van der Waals surface area contributed by atoms with Crippen LogP contribution < -0.4 is 10.1 Å². The number of benzene rings is 1. The zero-order valence-corrected chi connectivity index (χ0v) is 13.9. The number of nitrogens with one attached hydrogen (secondary N) is 1. The molecule has 1 aromatic carbocycles. The van der Waals surface area contributed by atoms with E-state index in [9.17, 15) is 0 Å². The molecule has 1 atom stereocenters. The number of aryl methyl sites for hydroxylation is 1. The molecule has 0 aliphatic rings. The number of rotatable bonds is 9. The van der Waals surface area contributed by atoms with Gasteiger partial charge in [-0.25, -0.2) is 0 Å². The molecule has 0 aliphatic carbocycles. The van der Waals surface area contributed by atoms with Gasteiger partial charge < -0.3 is 10.1 Å². The van der Waals surface area contributed by atoms with Gasteiger partial charge in [0.05, 0.1) is 11.6 Å². The maximum absolute atomic E-state index is 5.25. The van der Waals surface area contributed by atoms with Gasteiger partial charge in [-0.2, -0.15) is 0 Å². The predicted octanol–water partition coefficient (Wildman–Crippen LogP) is 4.42. The Hall–Kier alpha value is -0.540. The minimum Gasteiger partial charge on any atom is -0.496 e. The van der Waals surface area contributed by atoms with E-state index in [1.54, 1.807) is 7.11 Å². The molecule has 1 unspecified atom stereocenters. The lowest BCUT2D eigenvalue weighted by molar-refractivity contribution is 0.412. The Balaban J connectivity index is 2.29. The van der Waals surface area contributed by atoms with Crippen molar-refractivity contribution in [3.63, 3.8) is 0 Å². The summed E-state index contributed by atoms with van der Waals surface area (Å²) in [7, 11) is 1.70. The van der Waals surface area contributed by atoms with Gasteiger partial charge in [0.25, 0.3) is 0 Å². The predicted molar refractivity (Wildman–Crippen MR) is 86.0 cm³/mol. The first-order chi connectivity index (χ1) is 9.17. The highest BCUT2D eigenvalue weighted by Gasteiger charge is 2.05. The molecule has 0 heterocycles. The highest BCUT2D eigenvalue weighted by atomic mass is 79.9. The van der Waals surface area contributed by atoms with E-state index in [0.29, 0.717) is 0 Å². The molecule has 0 amide bonds. The monoisotopic (exact) mass is 327 g/mol. The molecule has 0 saturated heterocycles. The van der Waals surface area contributed by atoms with Crippen molar-refractivity contribution in [1.82, 2.24) is 5.32 Å². The molecular weight excluding hydrogens is 302 g/mol. The summed E-state index contributed by atoms with van der Waals surface area (Å²) in [6, 6.07) is 6.36. The third-order valence-electron chi connectivity index (χ3n) is 3.38. The standard InChI is InChI=1S/C16H26BrNO/c1-4-10-18-11-9-13(2)5-6-14-7-8-16(19-3)15(17)12-14/h7-8,12-13,18H,4-6,9-11H2,1-3H3. The van der Waals surface area contributed by atoms with Gasteiger partial charge in [-0.3, -0.25) is 0 Å². The van der Waals surface area contributed by atoms with Gasteiger partial charge in [-0.05, 0) is 78.3 Å². The van der Waals surface area contributed by atoms with Crippen LogP contribution in [0.15, 0.2) is 22.7 Å². The van der Waals surface area contributed by atoms with E-state index in [2.05, 4.69) is 47.2 Å². The summed E-state index contributed by atoms with van der Waals surface area (Å²) in [5.74, 6) is 1.67. The van der Waals surface area contributed by atoms with Crippen molar-refractivity contribution < 1.29 is 4.74 Å². The molecule has 0 bridgehead atoms. The Bertz CT molecular complexity index is 368. The van der Waals surface area contributed by atoms with Crippen LogP contribution in [-0.2, 0) is 6.42 Å². The lowest BCUT2D eigenvalue weighted by Gasteiger charge is -2.12. The van der Waals surface area contributed by atoms with E-state index < -0.39 is 0 Å². The minimum atomic E-state index is 0.769. The van der Waals surface area contributed by atoms with Crippen LogP contribution in [0, 0.1) is 5.92 Å². The van der Waals surface area contributed by atoms with E-state index in [1.165, 1.54) is 24.8 Å². The van der Waals surface area contributed by atoms with Crippen LogP contribution in [0.4, 0.5) is 0 Å². The van der Waals surface area contributed by atoms with E-state index in [1.807, 2.05) is 6.07 Å². The summed E-state index contributed by atoms with van der Waals surface area (Å²) < 4.78 is 6.29.